The molecule has 188 valence electrons. The smallest absolute Gasteiger partial charge is 0.273 e. The van der Waals surface area contributed by atoms with Gasteiger partial charge in [-0.2, -0.15) is 5.26 Å². The van der Waals surface area contributed by atoms with Crippen LogP contribution >= 0.6 is 11.3 Å². The predicted molar refractivity (Wildman–Crippen MR) is 145 cm³/mol. The number of thiophene rings is 1. The van der Waals surface area contributed by atoms with Crippen molar-refractivity contribution >= 4 is 51.4 Å². The third-order valence-corrected chi connectivity index (χ3v) is 6.41. The Balaban J connectivity index is 1.53. The van der Waals surface area contributed by atoms with Gasteiger partial charge in [0.25, 0.3) is 11.8 Å². The van der Waals surface area contributed by atoms with Gasteiger partial charge in [-0.25, -0.2) is 10.1 Å². The zero-order valence-electron chi connectivity index (χ0n) is 20.2. The van der Waals surface area contributed by atoms with Crippen molar-refractivity contribution in [1.82, 2.24) is 5.06 Å². The number of nitrogen functional groups attached to an aromatic ring is 1. The van der Waals surface area contributed by atoms with E-state index in [1.165, 1.54) is 16.4 Å². The van der Waals surface area contributed by atoms with Crippen LogP contribution in [0, 0.1) is 11.3 Å². The standard InChI is InChI=1S/C27H26N6O3S/c1-2-11-33(36-16-17-3-7-21(29)8-4-17)27(35)20-12-18-5-6-19(13-23(18)31-24(30)14-20)26(34)32-25-10-9-22(15-28)37-25/h3-10,12-13H,2,11,14,16,29H2,1H3,(H2,30,31)(H,32,34). The second-order valence-electron chi connectivity index (χ2n) is 8.38. The van der Waals surface area contributed by atoms with Gasteiger partial charge >= 0.3 is 0 Å². The molecule has 0 saturated heterocycles. The number of amides is 2. The largest absolute Gasteiger partial charge is 0.399 e. The number of carbonyl (C=O) groups excluding carboxylic acids is 2. The van der Waals surface area contributed by atoms with Gasteiger partial charge in [-0.1, -0.05) is 25.1 Å². The Morgan fingerprint density at radius 1 is 1.16 bits per heavy atom. The topological polar surface area (TPSA) is 147 Å². The number of anilines is 2. The maximum absolute atomic E-state index is 13.4. The summed E-state index contributed by atoms with van der Waals surface area (Å²) < 4.78 is 0. The lowest BCUT2D eigenvalue weighted by Gasteiger charge is -2.22. The lowest BCUT2D eigenvalue weighted by atomic mass is 10.0. The molecule has 1 aliphatic rings. The number of fused-ring (bicyclic) bond motifs is 1. The quantitative estimate of drug-likeness (QED) is 0.296. The molecule has 0 bridgehead atoms. The van der Waals surface area contributed by atoms with Crippen LogP contribution in [0.25, 0.3) is 6.08 Å². The monoisotopic (exact) mass is 514 g/mol. The molecule has 0 radical (unpaired) electrons. The molecule has 2 heterocycles. The molecule has 0 unspecified atom stereocenters. The summed E-state index contributed by atoms with van der Waals surface area (Å²) in [7, 11) is 0. The second-order valence-corrected chi connectivity index (χ2v) is 9.46. The van der Waals surface area contributed by atoms with Crippen molar-refractivity contribution in [3.05, 3.63) is 81.7 Å². The highest BCUT2D eigenvalue weighted by Crippen LogP contribution is 2.29. The van der Waals surface area contributed by atoms with E-state index in [1.54, 1.807) is 48.5 Å². The van der Waals surface area contributed by atoms with Crippen LogP contribution in [0.2, 0.25) is 0 Å². The number of nitrogens with two attached hydrogens (primary N) is 2. The lowest BCUT2D eigenvalue weighted by molar-refractivity contribution is -0.187. The van der Waals surface area contributed by atoms with E-state index in [2.05, 4.69) is 10.3 Å². The number of nitrogens with zero attached hydrogens (tertiary/aromatic N) is 3. The molecule has 37 heavy (non-hydrogen) atoms. The molecule has 5 N–H and O–H groups in total. The van der Waals surface area contributed by atoms with Gasteiger partial charge in [-0.15, -0.1) is 11.3 Å². The molecule has 1 aromatic heterocycles. The molecule has 0 fully saturated rings. The van der Waals surface area contributed by atoms with Gasteiger partial charge in [0.2, 0.25) is 0 Å². The first-order valence-electron chi connectivity index (χ1n) is 11.6. The van der Waals surface area contributed by atoms with Crippen molar-refractivity contribution in [2.45, 2.75) is 26.4 Å². The summed E-state index contributed by atoms with van der Waals surface area (Å²) in [5.41, 5.74) is 15.4. The van der Waals surface area contributed by atoms with Crippen LogP contribution in [0.5, 0.6) is 0 Å². The zero-order chi connectivity index (χ0) is 26.4. The minimum Gasteiger partial charge on any atom is -0.399 e. The van der Waals surface area contributed by atoms with Crippen LogP contribution in [0.4, 0.5) is 16.4 Å². The number of carbonyl (C=O) groups is 2. The predicted octanol–water partition coefficient (Wildman–Crippen LogP) is 4.60. The maximum atomic E-state index is 13.4. The van der Waals surface area contributed by atoms with E-state index in [0.29, 0.717) is 50.9 Å². The van der Waals surface area contributed by atoms with Crippen molar-refractivity contribution in [2.24, 2.45) is 10.7 Å². The first-order chi connectivity index (χ1) is 17.9. The van der Waals surface area contributed by atoms with E-state index in [1.807, 2.05) is 25.1 Å². The molecule has 4 rings (SSSR count). The molecular weight excluding hydrogens is 488 g/mol. The Hall–Kier alpha value is -4.46. The number of nitrogens with one attached hydrogen (secondary N) is 1. The molecule has 0 saturated carbocycles. The summed E-state index contributed by atoms with van der Waals surface area (Å²) in [6, 6.07) is 17.7. The fraction of sp³-hybridized carbons (Fsp3) is 0.185. The molecule has 0 spiro atoms. The van der Waals surface area contributed by atoms with E-state index in [-0.39, 0.29) is 30.7 Å². The number of nitriles is 1. The number of amidine groups is 1. The number of hydrogen-bond acceptors (Lipinski definition) is 8. The van der Waals surface area contributed by atoms with Crippen molar-refractivity contribution in [3.8, 4) is 6.07 Å². The molecule has 3 aromatic rings. The normalized spacial score (nSPS) is 12.4. The van der Waals surface area contributed by atoms with Gasteiger partial charge in [0.05, 0.1) is 10.7 Å². The van der Waals surface area contributed by atoms with E-state index in [4.69, 9.17) is 21.6 Å². The van der Waals surface area contributed by atoms with Gasteiger partial charge in [0.15, 0.2) is 0 Å². The molecule has 2 aromatic carbocycles. The van der Waals surface area contributed by atoms with Crippen molar-refractivity contribution in [1.29, 1.82) is 5.26 Å². The number of aliphatic imine (C=N–C) groups is 1. The highest BCUT2D eigenvalue weighted by molar-refractivity contribution is 7.16. The van der Waals surface area contributed by atoms with E-state index in [9.17, 15) is 9.59 Å². The lowest BCUT2D eigenvalue weighted by Crippen LogP contribution is -2.34. The molecule has 0 aliphatic carbocycles. The molecule has 0 atom stereocenters. The van der Waals surface area contributed by atoms with Gasteiger partial charge in [0, 0.05) is 35.4 Å². The van der Waals surface area contributed by atoms with Crippen LogP contribution in [0.15, 0.2) is 65.2 Å². The van der Waals surface area contributed by atoms with E-state index < -0.39 is 0 Å². The third-order valence-electron chi connectivity index (χ3n) is 5.51. The van der Waals surface area contributed by atoms with Crippen molar-refractivity contribution < 1.29 is 14.4 Å². The fourth-order valence-corrected chi connectivity index (χ4v) is 4.37. The minimum absolute atomic E-state index is 0.145. The maximum Gasteiger partial charge on any atom is 0.273 e. The molecule has 1 aliphatic heterocycles. The summed E-state index contributed by atoms with van der Waals surface area (Å²) in [6.07, 6.45) is 2.59. The molecule has 2 amide bonds. The SMILES string of the molecule is CCCN(OCc1ccc(N)cc1)C(=O)C1=Cc2ccc(C(=O)Nc3ccc(C#N)s3)cc2N=C(N)C1. The van der Waals surface area contributed by atoms with Crippen LogP contribution in [-0.4, -0.2) is 29.3 Å². The van der Waals surface area contributed by atoms with Gasteiger partial charge < -0.3 is 16.8 Å². The Morgan fingerprint density at radius 2 is 1.95 bits per heavy atom. The number of hydrogen-bond donors (Lipinski definition) is 3. The highest BCUT2D eigenvalue weighted by Gasteiger charge is 2.23. The average Bonchev–Trinajstić information content (AvgIpc) is 3.27. The summed E-state index contributed by atoms with van der Waals surface area (Å²) in [4.78, 5) is 36.9. The average molecular weight is 515 g/mol. The number of rotatable bonds is 8. The zero-order valence-corrected chi connectivity index (χ0v) is 21.0. The molecule has 9 nitrogen and oxygen atoms in total. The number of hydroxylamine groups is 2. The first kappa shape index (κ1) is 25.6. The van der Waals surface area contributed by atoms with E-state index in [0.717, 1.165) is 5.56 Å². The Morgan fingerprint density at radius 3 is 2.65 bits per heavy atom. The Kier molecular flexibility index (Phi) is 7.98. The van der Waals surface area contributed by atoms with Gasteiger partial charge in [-0.05, 0) is 54.5 Å². The fourth-order valence-electron chi connectivity index (χ4n) is 3.67. The summed E-state index contributed by atoms with van der Waals surface area (Å²) in [6.45, 7) is 2.59. The number of benzene rings is 2. The third kappa shape index (κ3) is 6.41. The van der Waals surface area contributed by atoms with Crippen LogP contribution < -0.4 is 16.8 Å². The van der Waals surface area contributed by atoms with Crippen molar-refractivity contribution in [3.63, 3.8) is 0 Å². The van der Waals surface area contributed by atoms with E-state index >= 15 is 0 Å². The minimum atomic E-state index is -0.336. The second kappa shape index (κ2) is 11.5. The van der Waals surface area contributed by atoms with Gasteiger partial charge in [-0.3, -0.25) is 14.4 Å². The van der Waals surface area contributed by atoms with Crippen LogP contribution in [0.3, 0.4) is 0 Å². The summed E-state index contributed by atoms with van der Waals surface area (Å²) >= 11 is 1.19. The highest BCUT2D eigenvalue weighted by atomic mass is 32.1. The Labute approximate surface area is 218 Å². The van der Waals surface area contributed by atoms with Crippen LogP contribution in [0.1, 0.15) is 46.1 Å². The van der Waals surface area contributed by atoms with Gasteiger partial charge in [0.1, 0.15) is 23.4 Å². The van der Waals surface area contributed by atoms with Crippen LogP contribution in [-0.2, 0) is 16.2 Å². The van der Waals surface area contributed by atoms with Crippen molar-refractivity contribution in [2.75, 3.05) is 17.6 Å². The first-order valence-corrected chi connectivity index (χ1v) is 12.5. The molecule has 10 heteroatoms. The summed E-state index contributed by atoms with van der Waals surface area (Å²) in [5, 5.41) is 13.7. The Bertz CT molecular complexity index is 1420. The summed E-state index contributed by atoms with van der Waals surface area (Å²) in [5.74, 6) is -0.378. The molecular formula is C27H26N6O3S.